The number of hydrogen-bond donors (Lipinski definition) is 1. The van der Waals surface area contributed by atoms with Crippen LogP contribution in [0.2, 0.25) is 0 Å². The third-order valence-corrected chi connectivity index (χ3v) is 4.08. The zero-order chi connectivity index (χ0) is 13.7. The molecule has 0 aromatic carbocycles. The molecular formula is C14H23N3O2. The molecule has 106 valence electrons. The van der Waals surface area contributed by atoms with Crippen LogP contribution in [0.1, 0.15) is 26.2 Å². The minimum Gasteiger partial charge on any atom is -0.481 e. The maximum atomic E-state index is 10.8. The van der Waals surface area contributed by atoms with E-state index < -0.39 is 5.97 Å². The SMILES string of the molecule is CC(CC(=O)O)C1CCCN(CCn2ccnc2)C1. The van der Waals surface area contributed by atoms with Gasteiger partial charge in [-0.1, -0.05) is 6.92 Å². The fraction of sp³-hybridized carbons (Fsp3) is 0.714. The molecule has 0 radical (unpaired) electrons. The van der Waals surface area contributed by atoms with Gasteiger partial charge in [-0.25, -0.2) is 4.98 Å². The van der Waals surface area contributed by atoms with Crippen molar-refractivity contribution in [1.82, 2.24) is 14.5 Å². The second kappa shape index (κ2) is 6.70. The average molecular weight is 265 g/mol. The van der Waals surface area contributed by atoms with Gasteiger partial charge in [0, 0.05) is 38.4 Å². The van der Waals surface area contributed by atoms with Crippen molar-refractivity contribution in [2.24, 2.45) is 11.8 Å². The van der Waals surface area contributed by atoms with Crippen LogP contribution in [0.4, 0.5) is 0 Å². The molecule has 5 heteroatoms. The number of hydrogen-bond acceptors (Lipinski definition) is 3. The minimum atomic E-state index is -0.678. The van der Waals surface area contributed by atoms with E-state index in [9.17, 15) is 4.79 Å². The molecule has 0 bridgehead atoms. The Kier molecular flexibility index (Phi) is 4.96. The zero-order valence-electron chi connectivity index (χ0n) is 11.5. The Labute approximate surface area is 114 Å². The van der Waals surface area contributed by atoms with Gasteiger partial charge in [0.05, 0.1) is 6.33 Å². The third kappa shape index (κ3) is 4.35. The fourth-order valence-corrected chi connectivity index (χ4v) is 2.88. The van der Waals surface area contributed by atoms with Crippen molar-refractivity contribution in [1.29, 1.82) is 0 Å². The normalized spacial score (nSPS) is 22.3. The van der Waals surface area contributed by atoms with E-state index in [1.165, 1.54) is 6.42 Å². The summed E-state index contributed by atoms with van der Waals surface area (Å²) in [5, 5.41) is 8.88. The van der Waals surface area contributed by atoms with Gasteiger partial charge in [0.25, 0.3) is 0 Å². The number of carboxylic acids is 1. The number of aromatic nitrogens is 2. The smallest absolute Gasteiger partial charge is 0.303 e. The summed E-state index contributed by atoms with van der Waals surface area (Å²) in [5.74, 6) is 0.115. The number of imidazole rings is 1. The largest absolute Gasteiger partial charge is 0.481 e. The van der Waals surface area contributed by atoms with Crippen LogP contribution in [0.15, 0.2) is 18.7 Å². The van der Waals surface area contributed by atoms with Gasteiger partial charge in [-0.15, -0.1) is 0 Å². The van der Waals surface area contributed by atoms with E-state index in [2.05, 4.69) is 21.4 Å². The molecule has 1 aliphatic rings. The average Bonchev–Trinajstić information content (AvgIpc) is 2.89. The number of piperidine rings is 1. The van der Waals surface area contributed by atoms with E-state index in [1.807, 2.05) is 12.5 Å². The van der Waals surface area contributed by atoms with Gasteiger partial charge >= 0.3 is 5.97 Å². The topological polar surface area (TPSA) is 58.4 Å². The third-order valence-electron chi connectivity index (χ3n) is 4.08. The highest BCUT2D eigenvalue weighted by molar-refractivity contribution is 5.66. The van der Waals surface area contributed by atoms with Gasteiger partial charge in [-0.05, 0) is 31.2 Å². The molecule has 2 atom stereocenters. The van der Waals surface area contributed by atoms with Gasteiger partial charge in [0.1, 0.15) is 0 Å². The maximum Gasteiger partial charge on any atom is 0.303 e. The zero-order valence-corrected chi connectivity index (χ0v) is 11.5. The summed E-state index contributed by atoms with van der Waals surface area (Å²) in [6.45, 7) is 6.21. The lowest BCUT2D eigenvalue weighted by molar-refractivity contribution is -0.138. The van der Waals surface area contributed by atoms with E-state index >= 15 is 0 Å². The van der Waals surface area contributed by atoms with Gasteiger partial charge in [-0.3, -0.25) is 4.79 Å². The lowest BCUT2D eigenvalue weighted by Crippen LogP contribution is -2.39. The number of carbonyl (C=O) groups is 1. The van der Waals surface area contributed by atoms with Crippen LogP contribution in [-0.4, -0.2) is 45.2 Å². The molecular weight excluding hydrogens is 242 g/mol. The quantitative estimate of drug-likeness (QED) is 0.850. The molecule has 1 aliphatic heterocycles. The summed E-state index contributed by atoms with van der Waals surface area (Å²) in [6, 6.07) is 0. The first-order valence-electron chi connectivity index (χ1n) is 7.05. The summed E-state index contributed by atoms with van der Waals surface area (Å²) >= 11 is 0. The Morgan fingerprint density at radius 1 is 1.53 bits per heavy atom. The summed E-state index contributed by atoms with van der Waals surface area (Å²) in [6.07, 6.45) is 8.26. The van der Waals surface area contributed by atoms with Crippen LogP contribution >= 0.6 is 0 Å². The minimum absolute atomic E-state index is 0.272. The predicted molar refractivity (Wildman–Crippen MR) is 72.8 cm³/mol. The van der Waals surface area contributed by atoms with E-state index in [1.54, 1.807) is 6.20 Å². The van der Waals surface area contributed by atoms with Crippen LogP contribution in [0.3, 0.4) is 0 Å². The van der Waals surface area contributed by atoms with Crippen molar-refractivity contribution in [2.45, 2.75) is 32.7 Å². The molecule has 0 saturated carbocycles. The molecule has 5 nitrogen and oxygen atoms in total. The van der Waals surface area contributed by atoms with Crippen molar-refractivity contribution in [3.63, 3.8) is 0 Å². The number of carboxylic acid groups (broad SMARTS) is 1. The first-order chi connectivity index (χ1) is 9.15. The standard InChI is InChI=1S/C14H23N3O2/c1-12(9-14(18)19)13-3-2-5-16(10-13)7-8-17-6-4-15-11-17/h4,6,11-13H,2-3,5,7-10H2,1H3,(H,18,19). The molecule has 0 aliphatic carbocycles. The molecule has 0 spiro atoms. The highest BCUT2D eigenvalue weighted by atomic mass is 16.4. The van der Waals surface area contributed by atoms with Crippen molar-refractivity contribution in [2.75, 3.05) is 19.6 Å². The van der Waals surface area contributed by atoms with Crippen molar-refractivity contribution >= 4 is 5.97 Å². The summed E-state index contributed by atoms with van der Waals surface area (Å²) < 4.78 is 2.09. The van der Waals surface area contributed by atoms with Crippen molar-refractivity contribution < 1.29 is 9.90 Å². The number of rotatable bonds is 6. The Hall–Kier alpha value is -1.36. The first kappa shape index (κ1) is 14.1. The van der Waals surface area contributed by atoms with Crippen molar-refractivity contribution in [3.05, 3.63) is 18.7 Å². The molecule has 1 fully saturated rings. The van der Waals surface area contributed by atoms with Crippen LogP contribution in [0, 0.1) is 11.8 Å². The van der Waals surface area contributed by atoms with E-state index in [4.69, 9.17) is 5.11 Å². The molecule has 1 aromatic rings. The fourth-order valence-electron chi connectivity index (χ4n) is 2.88. The van der Waals surface area contributed by atoms with E-state index in [-0.39, 0.29) is 5.92 Å². The van der Waals surface area contributed by atoms with Gasteiger partial charge < -0.3 is 14.6 Å². The molecule has 1 saturated heterocycles. The van der Waals surface area contributed by atoms with Crippen LogP contribution in [-0.2, 0) is 11.3 Å². The maximum absolute atomic E-state index is 10.8. The number of likely N-dealkylation sites (tertiary alicyclic amines) is 1. The Morgan fingerprint density at radius 3 is 3.05 bits per heavy atom. The highest BCUT2D eigenvalue weighted by Gasteiger charge is 2.25. The monoisotopic (exact) mass is 265 g/mol. The Bertz CT molecular complexity index is 391. The predicted octanol–water partition coefficient (Wildman–Crippen LogP) is 1.71. The van der Waals surface area contributed by atoms with E-state index in [0.29, 0.717) is 12.3 Å². The van der Waals surface area contributed by atoms with E-state index in [0.717, 1.165) is 32.6 Å². The number of nitrogens with zero attached hydrogens (tertiary/aromatic N) is 3. The molecule has 1 N–H and O–H groups in total. The highest BCUT2D eigenvalue weighted by Crippen LogP contribution is 2.25. The lowest BCUT2D eigenvalue weighted by Gasteiger charge is -2.35. The molecule has 2 heterocycles. The Morgan fingerprint density at radius 2 is 2.37 bits per heavy atom. The summed E-state index contributed by atoms with van der Waals surface area (Å²) in [5.41, 5.74) is 0. The molecule has 2 unspecified atom stereocenters. The lowest BCUT2D eigenvalue weighted by atomic mass is 9.85. The summed E-state index contributed by atoms with van der Waals surface area (Å²) in [4.78, 5) is 17.3. The molecule has 1 aromatic heterocycles. The van der Waals surface area contributed by atoms with Gasteiger partial charge in [-0.2, -0.15) is 0 Å². The van der Waals surface area contributed by atoms with Crippen LogP contribution in [0.5, 0.6) is 0 Å². The second-order valence-corrected chi connectivity index (χ2v) is 5.58. The molecule has 2 rings (SSSR count). The second-order valence-electron chi connectivity index (χ2n) is 5.58. The Balaban J connectivity index is 1.78. The van der Waals surface area contributed by atoms with Crippen LogP contribution < -0.4 is 0 Å². The van der Waals surface area contributed by atoms with Gasteiger partial charge in [0.2, 0.25) is 0 Å². The van der Waals surface area contributed by atoms with Crippen LogP contribution in [0.25, 0.3) is 0 Å². The molecule has 0 amide bonds. The number of aliphatic carboxylic acids is 1. The van der Waals surface area contributed by atoms with Gasteiger partial charge in [0.15, 0.2) is 0 Å². The van der Waals surface area contributed by atoms with Crippen molar-refractivity contribution in [3.8, 4) is 0 Å². The summed E-state index contributed by atoms with van der Waals surface area (Å²) in [7, 11) is 0. The molecule has 19 heavy (non-hydrogen) atoms. The first-order valence-corrected chi connectivity index (χ1v) is 7.05.